The highest BCUT2D eigenvalue weighted by molar-refractivity contribution is 5.98. The molecule has 3 rings (SSSR count). The van der Waals surface area contributed by atoms with Gasteiger partial charge in [-0.05, 0) is 13.0 Å². The summed E-state index contributed by atoms with van der Waals surface area (Å²) >= 11 is 0. The Labute approximate surface area is 138 Å². The summed E-state index contributed by atoms with van der Waals surface area (Å²) < 4.78 is 1.50. The number of likely N-dealkylation sites (tertiary alicyclic amines) is 1. The molecule has 1 saturated heterocycles. The summed E-state index contributed by atoms with van der Waals surface area (Å²) in [5.74, 6) is -0.997. The van der Waals surface area contributed by atoms with Crippen molar-refractivity contribution >= 4 is 17.7 Å². The van der Waals surface area contributed by atoms with Crippen LogP contribution in [-0.4, -0.2) is 68.8 Å². The molecule has 1 atom stereocenters. The van der Waals surface area contributed by atoms with Crippen LogP contribution >= 0.6 is 0 Å². The number of carbonyl (C=O) groups is 3. The maximum absolute atomic E-state index is 12.2. The van der Waals surface area contributed by atoms with Crippen molar-refractivity contribution in [2.75, 3.05) is 19.6 Å². The van der Waals surface area contributed by atoms with Gasteiger partial charge in [-0.25, -0.2) is 0 Å². The minimum Gasteiger partial charge on any atom is -0.384 e. The molecule has 1 aromatic heterocycles. The Kier molecular flexibility index (Phi) is 3.88. The van der Waals surface area contributed by atoms with Crippen molar-refractivity contribution in [3.05, 3.63) is 30.1 Å². The molecule has 3 heterocycles. The lowest BCUT2D eigenvalue weighted by atomic mass is 9.94. The first kappa shape index (κ1) is 16.2. The van der Waals surface area contributed by atoms with Crippen LogP contribution < -0.4 is 10.6 Å². The fourth-order valence-electron chi connectivity index (χ4n) is 2.85. The summed E-state index contributed by atoms with van der Waals surface area (Å²) in [5, 5.41) is 19.7. The molecule has 3 N–H and O–H groups in total. The first-order valence-electron chi connectivity index (χ1n) is 7.62. The highest BCUT2D eigenvalue weighted by Gasteiger charge is 2.43. The molecule has 24 heavy (non-hydrogen) atoms. The number of amides is 3. The van der Waals surface area contributed by atoms with E-state index in [0.717, 1.165) is 0 Å². The van der Waals surface area contributed by atoms with Crippen LogP contribution in [0.25, 0.3) is 0 Å². The maximum atomic E-state index is 12.2. The van der Waals surface area contributed by atoms with E-state index in [4.69, 9.17) is 0 Å². The van der Waals surface area contributed by atoms with Crippen LogP contribution in [0.15, 0.2) is 18.7 Å². The number of β-amino-alcohol motifs (C(OH)–C–C–N with tert-alkyl or cyclic N) is 1. The minimum atomic E-state index is -1.15. The van der Waals surface area contributed by atoms with Crippen molar-refractivity contribution in [3.8, 4) is 0 Å². The van der Waals surface area contributed by atoms with E-state index in [1.807, 2.05) is 6.92 Å². The molecule has 2 aliphatic rings. The van der Waals surface area contributed by atoms with Gasteiger partial charge in [0.25, 0.3) is 11.8 Å². The number of aliphatic hydroxyl groups is 1. The number of aromatic nitrogens is 2. The molecule has 1 aromatic rings. The quantitative estimate of drug-likeness (QED) is 0.580. The van der Waals surface area contributed by atoms with Crippen LogP contribution in [0.1, 0.15) is 27.9 Å². The highest BCUT2D eigenvalue weighted by Crippen LogP contribution is 2.20. The van der Waals surface area contributed by atoms with E-state index < -0.39 is 11.5 Å². The molecule has 128 valence electrons. The minimum absolute atomic E-state index is 0.00243. The second kappa shape index (κ2) is 5.75. The highest BCUT2D eigenvalue weighted by atomic mass is 16.3. The Hall–Kier alpha value is -2.68. The van der Waals surface area contributed by atoms with E-state index in [1.165, 1.54) is 21.7 Å². The normalized spacial score (nSPS) is 21.3. The number of fused-ring (bicyclic) bond motifs is 1. The predicted octanol–water partition coefficient (Wildman–Crippen LogP) is -1.50. The van der Waals surface area contributed by atoms with Gasteiger partial charge in [-0.15, -0.1) is 0 Å². The fraction of sp³-hybridized carbons (Fsp3) is 0.467. The molecule has 0 radical (unpaired) electrons. The van der Waals surface area contributed by atoms with Gasteiger partial charge < -0.3 is 20.6 Å². The number of hydrogen-bond acceptors (Lipinski definition) is 5. The van der Waals surface area contributed by atoms with Gasteiger partial charge in [0, 0.05) is 12.1 Å². The van der Waals surface area contributed by atoms with E-state index in [1.54, 1.807) is 0 Å². The van der Waals surface area contributed by atoms with Crippen molar-refractivity contribution in [1.82, 2.24) is 25.3 Å². The molecule has 3 amide bonds. The Balaban J connectivity index is 1.59. The van der Waals surface area contributed by atoms with Gasteiger partial charge in [0.15, 0.2) is 5.69 Å². The maximum Gasteiger partial charge on any atom is 0.271 e. The number of rotatable bonds is 4. The van der Waals surface area contributed by atoms with Crippen molar-refractivity contribution < 1.29 is 19.5 Å². The first-order valence-corrected chi connectivity index (χ1v) is 7.62. The number of carbonyl (C=O) groups excluding carboxylic acids is 3. The molecule has 0 spiro atoms. The van der Waals surface area contributed by atoms with Gasteiger partial charge in [-0.2, -0.15) is 5.10 Å². The summed E-state index contributed by atoms with van der Waals surface area (Å²) in [6, 6.07) is 1.37. The van der Waals surface area contributed by atoms with Gasteiger partial charge in [-0.1, -0.05) is 6.58 Å². The lowest BCUT2D eigenvalue weighted by Gasteiger charge is -2.45. The summed E-state index contributed by atoms with van der Waals surface area (Å²) in [6.45, 7) is 6.00. The standard InChI is InChI=1S/C15H19N5O4/c1-3-12(21)19-7-15(24,8-19)6-16-13(22)10-4-11-14(23)17-9(2)5-20(11)18-10/h3-4,9,24H,1,5-8H2,2H3,(H,16,22)(H,17,23). The summed E-state index contributed by atoms with van der Waals surface area (Å²) in [4.78, 5) is 36.8. The topological polar surface area (TPSA) is 117 Å². The third-order valence-electron chi connectivity index (χ3n) is 4.10. The van der Waals surface area contributed by atoms with Gasteiger partial charge in [0.05, 0.1) is 26.2 Å². The molecule has 1 unspecified atom stereocenters. The largest absolute Gasteiger partial charge is 0.384 e. The summed E-state index contributed by atoms with van der Waals surface area (Å²) in [7, 11) is 0. The zero-order valence-corrected chi connectivity index (χ0v) is 13.3. The Morgan fingerprint density at radius 3 is 2.96 bits per heavy atom. The van der Waals surface area contributed by atoms with Crippen LogP contribution in [0.4, 0.5) is 0 Å². The second-order valence-corrected chi connectivity index (χ2v) is 6.28. The van der Waals surface area contributed by atoms with Crippen molar-refractivity contribution in [1.29, 1.82) is 0 Å². The monoisotopic (exact) mass is 333 g/mol. The number of hydrogen-bond donors (Lipinski definition) is 3. The molecule has 2 aliphatic heterocycles. The lowest BCUT2D eigenvalue weighted by molar-refractivity contribution is -0.148. The average Bonchev–Trinajstić information content (AvgIpc) is 2.93. The molecular formula is C15H19N5O4. The zero-order chi connectivity index (χ0) is 17.5. The van der Waals surface area contributed by atoms with E-state index in [0.29, 0.717) is 12.2 Å². The van der Waals surface area contributed by atoms with E-state index in [2.05, 4.69) is 22.3 Å². The molecule has 0 saturated carbocycles. The Morgan fingerprint density at radius 1 is 1.58 bits per heavy atom. The first-order chi connectivity index (χ1) is 11.3. The van der Waals surface area contributed by atoms with Crippen LogP contribution in [0.3, 0.4) is 0 Å². The van der Waals surface area contributed by atoms with E-state index in [-0.39, 0.29) is 43.2 Å². The summed E-state index contributed by atoms with van der Waals surface area (Å²) in [6.07, 6.45) is 1.18. The van der Waals surface area contributed by atoms with Crippen molar-refractivity contribution in [3.63, 3.8) is 0 Å². The van der Waals surface area contributed by atoms with Gasteiger partial charge in [0.2, 0.25) is 5.91 Å². The van der Waals surface area contributed by atoms with Gasteiger partial charge in [0.1, 0.15) is 11.3 Å². The zero-order valence-electron chi connectivity index (χ0n) is 13.3. The fourth-order valence-corrected chi connectivity index (χ4v) is 2.85. The SMILES string of the molecule is C=CC(=O)N1CC(O)(CNC(=O)c2cc3n(n2)CC(C)NC3=O)C1. The molecule has 1 fully saturated rings. The van der Waals surface area contributed by atoms with Gasteiger partial charge >= 0.3 is 0 Å². The summed E-state index contributed by atoms with van der Waals surface area (Å²) in [5.41, 5.74) is -0.695. The Bertz CT molecular complexity index is 719. The third kappa shape index (κ3) is 2.90. The second-order valence-electron chi connectivity index (χ2n) is 6.28. The molecule has 9 heteroatoms. The van der Waals surface area contributed by atoms with Crippen LogP contribution in [0.5, 0.6) is 0 Å². The predicted molar refractivity (Wildman–Crippen MR) is 83.2 cm³/mol. The number of nitrogens with one attached hydrogen (secondary N) is 2. The van der Waals surface area contributed by atoms with Crippen LogP contribution in [-0.2, 0) is 11.3 Å². The molecule has 0 aromatic carbocycles. The van der Waals surface area contributed by atoms with Crippen molar-refractivity contribution in [2.45, 2.75) is 25.1 Å². The smallest absolute Gasteiger partial charge is 0.271 e. The molecule has 0 aliphatic carbocycles. The van der Waals surface area contributed by atoms with Gasteiger partial charge in [-0.3, -0.25) is 19.1 Å². The number of nitrogens with zero attached hydrogens (tertiary/aromatic N) is 3. The van der Waals surface area contributed by atoms with Crippen LogP contribution in [0.2, 0.25) is 0 Å². The lowest BCUT2D eigenvalue weighted by Crippen LogP contribution is -2.67. The molecular weight excluding hydrogens is 314 g/mol. The third-order valence-corrected chi connectivity index (χ3v) is 4.10. The Morgan fingerprint density at radius 2 is 2.29 bits per heavy atom. The molecule has 0 bridgehead atoms. The van der Waals surface area contributed by atoms with E-state index >= 15 is 0 Å². The van der Waals surface area contributed by atoms with Crippen molar-refractivity contribution in [2.24, 2.45) is 0 Å². The molecule has 9 nitrogen and oxygen atoms in total. The van der Waals surface area contributed by atoms with E-state index in [9.17, 15) is 19.5 Å². The van der Waals surface area contributed by atoms with Crippen LogP contribution in [0, 0.1) is 0 Å². The average molecular weight is 333 g/mol.